The zero-order valence-corrected chi connectivity index (χ0v) is 16.6. The van der Waals surface area contributed by atoms with Crippen LogP contribution in [-0.4, -0.2) is 60.8 Å². The molecular weight excluding hydrogens is 366 g/mol. The number of nitrogens with one attached hydrogen (secondary N) is 2. The Kier molecular flexibility index (Phi) is 6.44. The van der Waals surface area contributed by atoms with Crippen molar-refractivity contribution >= 4 is 5.91 Å². The van der Waals surface area contributed by atoms with Crippen molar-refractivity contribution in [3.63, 3.8) is 0 Å². The van der Waals surface area contributed by atoms with Gasteiger partial charge in [0.1, 0.15) is 11.9 Å². The van der Waals surface area contributed by atoms with Gasteiger partial charge in [-0.1, -0.05) is 24.3 Å². The number of nitrogens with zero attached hydrogens (tertiary/aromatic N) is 1. The fraction of sp³-hybridized carbons (Fsp3) is 0.435. The number of ether oxygens (including phenoxy) is 1. The molecule has 2 unspecified atom stereocenters. The van der Waals surface area contributed by atoms with Crippen molar-refractivity contribution in [3.05, 3.63) is 65.2 Å². The molecule has 2 heterocycles. The fourth-order valence-corrected chi connectivity index (χ4v) is 3.99. The van der Waals surface area contributed by atoms with Crippen LogP contribution in [0.2, 0.25) is 0 Å². The highest BCUT2D eigenvalue weighted by Gasteiger charge is 2.19. The van der Waals surface area contributed by atoms with Crippen molar-refractivity contribution in [1.29, 1.82) is 0 Å². The number of carbonyl (C=O) groups is 1. The summed E-state index contributed by atoms with van der Waals surface area (Å²) < 4.78 is 5.88. The maximum atomic E-state index is 12.4. The van der Waals surface area contributed by atoms with Gasteiger partial charge in [-0.05, 0) is 54.8 Å². The molecule has 2 aromatic carbocycles. The van der Waals surface area contributed by atoms with E-state index < -0.39 is 6.10 Å². The molecule has 3 N–H and O–H groups in total. The molecule has 29 heavy (non-hydrogen) atoms. The number of aliphatic hydroxyl groups excluding tert-OH is 1. The highest BCUT2D eigenvalue weighted by molar-refractivity contribution is 5.94. The lowest BCUT2D eigenvalue weighted by molar-refractivity contribution is 0.0842. The first-order valence-corrected chi connectivity index (χ1v) is 10.4. The quantitative estimate of drug-likeness (QED) is 0.664. The molecule has 0 spiro atoms. The van der Waals surface area contributed by atoms with Gasteiger partial charge in [-0.3, -0.25) is 9.69 Å². The summed E-state index contributed by atoms with van der Waals surface area (Å²) in [6.07, 6.45) is 1.61. The van der Waals surface area contributed by atoms with Crippen LogP contribution in [0.3, 0.4) is 0 Å². The third kappa shape index (κ3) is 5.35. The number of rotatable bonds is 7. The number of β-amino-alcohol motifs (C(OH)–C–C–N with tert-alkyl or cyclic N) is 1. The van der Waals surface area contributed by atoms with E-state index in [1.165, 1.54) is 11.1 Å². The minimum atomic E-state index is -0.596. The highest BCUT2D eigenvalue weighted by atomic mass is 16.5. The first kappa shape index (κ1) is 19.9. The first-order valence-electron chi connectivity index (χ1n) is 10.4. The lowest BCUT2D eigenvalue weighted by Gasteiger charge is -2.30. The Morgan fingerprint density at radius 1 is 1.21 bits per heavy atom. The Labute approximate surface area is 171 Å². The second-order valence-electron chi connectivity index (χ2n) is 7.87. The molecule has 0 radical (unpaired) electrons. The first-order chi connectivity index (χ1) is 14.2. The minimum Gasteiger partial charge on any atom is -0.489 e. The topological polar surface area (TPSA) is 73.8 Å². The van der Waals surface area contributed by atoms with Gasteiger partial charge in [0.25, 0.3) is 5.91 Å². The second-order valence-corrected chi connectivity index (χ2v) is 7.87. The van der Waals surface area contributed by atoms with Crippen molar-refractivity contribution < 1.29 is 14.6 Å². The lowest BCUT2D eigenvalue weighted by atomic mass is 10.00. The average molecular weight is 396 g/mol. The van der Waals surface area contributed by atoms with E-state index in [1.807, 2.05) is 12.1 Å². The van der Waals surface area contributed by atoms with E-state index in [0.717, 1.165) is 44.8 Å². The number of amides is 1. The molecule has 6 nitrogen and oxygen atoms in total. The van der Waals surface area contributed by atoms with Crippen molar-refractivity contribution in [2.24, 2.45) is 0 Å². The smallest absolute Gasteiger partial charge is 0.251 e. The Bertz CT molecular complexity index is 818. The largest absolute Gasteiger partial charge is 0.489 e. The number of fused-ring (bicyclic) bond motifs is 1. The molecule has 2 aliphatic rings. The number of benzene rings is 2. The maximum Gasteiger partial charge on any atom is 0.251 e. The average Bonchev–Trinajstić information content (AvgIpc) is 3.25. The Morgan fingerprint density at radius 3 is 2.76 bits per heavy atom. The second kappa shape index (κ2) is 9.39. The van der Waals surface area contributed by atoms with Gasteiger partial charge in [0.15, 0.2) is 0 Å². The van der Waals surface area contributed by atoms with E-state index in [2.05, 4.69) is 39.8 Å². The summed E-state index contributed by atoms with van der Waals surface area (Å²) in [6, 6.07) is 15.6. The van der Waals surface area contributed by atoms with Gasteiger partial charge < -0.3 is 20.5 Å². The summed E-state index contributed by atoms with van der Waals surface area (Å²) >= 11 is 0. The van der Waals surface area contributed by atoms with Crippen molar-refractivity contribution in [2.75, 3.05) is 32.7 Å². The predicted molar refractivity (Wildman–Crippen MR) is 112 cm³/mol. The van der Waals surface area contributed by atoms with E-state index in [0.29, 0.717) is 12.1 Å². The Morgan fingerprint density at radius 2 is 2.00 bits per heavy atom. The standard InChI is InChI=1S/C23H29N3O3/c27-20(16-26-12-10-17-3-1-2-4-19(17)15-26)13-25-23(28)18-5-7-21(8-6-18)29-22-9-11-24-14-22/h1-8,20,22,24,27H,9-16H2,(H,25,28). The number of hydrogen-bond acceptors (Lipinski definition) is 5. The molecule has 0 aromatic heterocycles. The van der Waals surface area contributed by atoms with Gasteiger partial charge in [0.2, 0.25) is 0 Å². The van der Waals surface area contributed by atoms with Gasteiger partial charge >= 0.3 is 0 Å². The zero-order valence-electron chi connectivity index (χ0n) is 16.6. The van der Waals surface area contributed by atoms with E-state index in [4.69, 9.17) is 4.74 Å². The lowest BCUT2D eigenvalue weighted by Crippen LogP contribution is -2.42. The Balaban J connectivity index is 1.22. The summed E-state index contributed by atoms with van der Waals surface area (Å²) in [5.74, 6) is 0.600. The van der Waals surface area contributed by atoms with Crippen molar-refractivity contribution in [2.45, 2.75) is 31.6 Å². The van der Waals surface area contributed by atoms with Gasteiger partial charge in [-0.25, -0.2) is 0 Å². The monoisotopic (exact) mass is 395 g/mol. The van der Waals surface area contributed by atoms with Crippen molar-refractivity contribution in [3.8, 4) is 5.75 Å². The molecule has 1 saturated heterocycles. The van der Waals surface area contributed by atoms with E-state index in [-0.39, 0.29) is 18.6 Å². The van der Waals surface area contributed by atoms with Crippen LogP contribution in [0.25, 0.3) is 0 Å². The fourth-order valence-electron chi connectivity index (χ4n) is 3.99. The highest BCUT2D eigenvalue weighted by Crippen LogP contribution is 2.19. The van der Waals surface area contributed by atoms with Crippen LogP contribution < -0.4 is 15.4 Å². The van der Waals surface area contributed by atoms with Crippen molar-refractivity contribution in [1.82, 2.24) is 15.5 Å². The summed E-state index contributed by atoms with van der Waals surface area (Å²) in [7, 11) is 0. The van der Waals surface area contributed by atoms with Crippen LogP contribution in [0.5, 0.6) is 5.75 Å². The normalized spacial score (nSPS) is 20.1. The molecule has 2 aliphatic heterocycles. The zero-order chi connectivity index (χ0) is 20.1. The van der Waals surface area contributed by atoms with E-state index in [9.17, 15) is 9.90 Å². The summed E-state index contributed by atoms with van der Waals surface area (Å²) in [4.78, 5) is 14.6. The van der Waals surface area contributed by atoms with Gasteiger partial charge in [0.05, 0.1) is 6.10 Å². The minimum absolute atomic E-state index is 0.179. The van der Waals surface area contributed by atoms with Gasteiger partial charge in [-0.15, -0.1) is 0 Å². The maximum absolute atomic E-state index is 12.4. The molecule has 0 bridgehead atoms. The Hall–Kier alpha value is -2.41. The van der Waals surface area contributed by atoms with Crippen LogP contribution in [0.15, 0.2) is 48.5 Å². The molecule has 0 aliphatic carbocycles. The van der Waals surface area contributed by atoms with Crippen LogP contribution in [0.1, 0.15) is 27.9 Å². The molecule has 1 fully saturated rings. The SMILES string of the molecule is O=C(NCC(O)CN1CCc2ccccc2C1)c1ccc(OC2CCNC2)cc1. The predicted octanol–water partition coefficient (Wildman–Crippen LogP) is 1.58. The molecule has 154 valence electrons. The van der Waals surface area contributed by atoms with Crippen LogP contribution in [-0.2, 0) is 13.0 Å². The van der Waals surface area contributed by atoms with Crippen LogP contribution in [0, 0.1) is 0 Å². The molecule has 4 rings (SSSR count). The van der Waals surface area contributed by atoms with Crippen LogP contribution in [0.4, 0.5) is 0 Å². The van der Waals surface area contributed by atoms with E-state index in [1.54, 1.807) is 12.1 Å². The molecule has 1 amide bonds. The molecule has 0 saturated carbocycles. The summed E-state index contributed by atoms with van der Waals surface area (Å²) in [6.45, 7) is 4.42. The van der Waals surface area contributed by atoms with Gasteiger partial charge in [-0.2, -0.15) is 0 Å². The summed E-state index contributed by atoms with van der Waals surface area (Å²) in [5.41, 5.74) is 3.29. The van der Waals surface area contributed by atoms with Gasteiger partial charge in [0, 0.05) is 38.3 Å². The molecule has 6 heteroatoms. The molecule has 2 atom stereocenters. The van der Waals surface area contributed by atoms with E-state index >= 15 is 0 Å². The number of carbonyl (C=O) groups excluding carboxylic acids is 1. The third-order valence-corrected chi connectivity index (χ3v) is 5.61. The molecule has 2 aromatic rings. The third-order valence-electron chi connectivity index (χ3n) is 5.61. The number of aliphatic hydroxyl groups is 1. The molecular formula is C23H29N3O3. The number of hydrogen-bond donors (Lipinski definition) is 3. The van der Waals surface area contributed by atoms with Crippen LogP contribution >= 0.6 is 0 Å². The summed E-state index contributed by atoms with van der Waals surface area (Å²) in [5, 5.41) is 16.5.